The fourth-order valence-electron chi connectivity index (χ4n) is 2.09. The SMILES string of the molecule is O=[N+]([O-])c1ccccc1CSc1nnc(N2CCOCC2)s1. The fraction of sp³-hybridized carbons (Fsp3) is 0.385. The van der Waals surface area contributed by atoms with E-state index in [1.54, 1.807) is 12.1 Å². The first kappa shape index (κ1) is 15.2. The number of ether oxygens (including phenoxy) is 1. The smallest absolute Gasteiger partial charge is 0.273 e. The Hall–Kier alpha value is -1.71. The van der Waals surface area contributed by atoms with Crippen LogP contribution in [0.1, 0.15) is 5.56 Å². The van der Waals surface area contributed by atoms with Crippen molar-refractivity contribution in [3.63, 3.8) is 0 Å². The summed E-state index contributed by atoms with van der Waals surface area (Å²) >= 11 is 2.99. The second kappa shape index (κ2) is 7.03. The fourth-order valence-corrected chi connectivity index (χ4v) is 3.98. The first-order valence-corrected chi connectivity index (χ1v) is 8.55. The number of nitrogens with zero attached hydrogens (tertiary/aromatic N) is 4. The number of hydrogen-bond donors (Lipinski definition) is 0. The minimum atomic E-state index is -0.352. The largest absolute Gasteiger partial charge is 0.378 e. The Bertz CT molecular complexity index is 658. The molecule has 7 nitrogen and oxygen atoms in total. The predicted octanol–water partition coefficient (Wildman–Crippen LogP) is 2.58. The third kappa shape index (κ3) is 3.54. The lowest BCUT2D eigenvalue weighted by molar-refractivity contribution is -0.385. The molecule has 2 heterocycles. The van der Waals surface area contributed by atoms with Crippen LogP contribution in [0.25, 0.3) is 0 Å². The molecule has 1 aliphatic rings. The normalized spacial score (nSPS) is 15.0. The van der Waals surface area contributed by atoms with E-state index in [-0.39, 0.29) is 10.6 Å². The molecule has 0 bridgehead atoms. The Morgan fingerprint density at radius 1 is 1.32 bits per heavy atom. The molecule has 0 radical (unpaired) electrons. The molecule has 9 heteroatoms. The molecule has 22 heavy (non-hydrogen) atoms. The van der Waals surface area contributed by atoms with E-state index in [1.165, 1.54) is 29.2 Å². The standard InChI is InChI=1S/C13H14N4O3S2/c18-17(19)11-4-2-1-3-10(11)9-21-13-15-14-12(22-13)16-5-7-20-8-6-16/h1-4H,5-9H2. The Balaban J connectivity index is 1.65. The summed E-state index contributed by atoms with van der Waals surface area (Å²) in [6, 6.07) is 6.78. The van der Waals surface area contributed by atoms with Crippen molar-refractivity contribution in [1.82, 2.24) is 10.2 Å². The van der Waals surface area contributed by atoms with Crippen LogP contribution in [0.2, 0.25) is 0 Å². The number of morpholine rings is 1. The van der Waals surface area contributed by atoms with Crippen LogP contribution < -0.4 is 4.90 Å². The molecule has 0 amide bonds. The van der Waals surface area contributed by atoms with E-state index in [1.807, 2.05) is 6.07 Å². The Morgan fingerprint density at radius 3 is 2.86 bits per heavy atom. The van der Waals surface area contributed by atoms with Gasteiger partial charge in [0, 0.05) is 30.5 Å². The van der Waals surface area contributed by atoms with Gasteiger partial charge in [0.25, 0.3) is 5.69 Å². The van der Waals surface area contributed by atoms with Gasteiger partial charge in [0.1, 0.15) is 0 Å². The van der Waals surface area contributed by atoms with Crippen LogP contribution in [0.3, 0.4) is 0 Å². The van der Waals surface area contributed by atoms with E-state index < -0.39 is 0 Å². The molecule has 1 saturated heterocycles. The second-order valence-corrected chi connectivity index (χ2v) is 6.80. The third-order valence-corrected chi connectivity index (χ3v) is 5.38. The average molecular weight is 338 g/mol. The number of para-hydroxylation sites is 1. The molecule has 0 saturated carbocycles. The van der Waals surface area contributed by atoms with Crippen LogP contribution in [-0.2, 0) is 10.5 Å². The topological polar surface area (TPSA) is 81.4 Å². The molecule has 1 fully saturated rings. The van der Waals surface area contributed by atoms with Gasteiger partial charge in [0.15, 0.2) is 4.34 Å². The first-order valence-electron chi connectivity index (χ1n) is 6.75. The Labute approximate surface area is 135 Å². The summed E-state index contributed by atoms with van der Waals surface area (Å²) in [5.74, 6) is 0.509. The number of aromatic nitrogens is 2. The van der Waals surface area contributed by atoms with Crippen molar-refractivity contribution >= 4 is 33.9 Å². The van der Waals surface area contributed by atoms with Gasteiger partial charge < -0.3 is 9.64 Å². The summed E-state index contributed by atoms with van der Waals surface area (Å²) in [5, 5.41) is 20.2. The summed E-state index contributed by atoms with van der Waals surface area (Å²) in [4.78, 5) is 12.8. The molecule has 3 rings (SSSR count). The van der Waals surface area contributed by atoms with Crippen molar-refractivity contribution in [1.29, 1.82) is 0 Å². The monoisotopic (exact) mass is 338 g/mol. The molecule has 0 spiro atoms. The van der Waals surface area contributed by atoms with Crippen molar-refractivity contribution in [2.45, 2.75) is 10.1 Å². The van der Waals surface area contributed by atoms with E-state index in [0.29, 0.717) is 24.5 Å². The van der Waals surface area contributed by atoms with E-state index in [9.17, 15) is 10.1 Å². The van der Waals surface area contributed by atoms with Crippen LogP contribution in [-0.4, -0.2) is 41.4 Å². The van der Waals surface area contributed by atoms with Gasteiger partial charge in [-0.3, -0.25) is 10.1 Å². The van der Waals surface area contributed by atoms with Crippen molar-refractivity contribution in [2.24, 2.45) is 0 Å². The molecule has 0 N–H and O–H groups in total. The third-order valence-electron chi connectivity index (χ3n) is 3.22. The number of anilines is 1. The molecule has 2 aromatic rings. The van der Waals surface area contributed by atoms with Crippen LogP contribution in [0.5, 0.6) is 0 Å². The maximum atomic E-state index is 11.0. The maximum Gasteiger partial charge on any atom is 0.273 e. The molecule has 116 valence electrons. The summed E-state index contributed by atoms with van der Waals surface area (Å²) in [6.07, 6.45) is 0. The number of nitro benzene ring substituents is 1. The highest BCUT2D eigenvalue weighted by molar-refractivity contribution is 8.00. The summed E-state index contributed by atoms with van der Waals surface area (Å²) in [6.45, 7) is 3.06. The highest BCUT2D eigenvalue weighted by Gasteiger charge is 2.17. The van der Waals surface area contributed by atoms with E-state index in [2.05, 4.69) is 15.1 Å². The Morgan fingerprint density at radius 2 is 2.09 bits per heavy atom. The average Bonchev–Trinajstić information content (AvgIpc) is 3.03. The van der Waals surface area contributed by atoms with Gasteiger partial charge in [-0.25, -0.2) is 0 Å². The van der Waals surface area contributed by atoms with Crippen LogP contribution in [0.4, 0.5) is 10.8 Å². The lowest BCUT2D eigenvalue weighted by atomic mass is 10.2. The van der Waals surface area contributed by atoms with Crippen molar-refractivity contribution in [3.05, 3.63) is 39.9 Å². The predicted molar refractivity (Wildman–Crippen MR) is 85.6 cm³/mol. The van der Waals surface area contributed by atoms with Crippen molar-refractivity contribution in [2.75, 3.05) is 31.2 Å². The van der Waals surface area contributed by atoms with Gasteiger partial charge in [0.05, 0.1) is 18.1 Å². The quantitative estimate of drug-likeness (QED) is 0.471. The zero-order valence-corrected chi connectivity index (χ0v) is 13.3. The van der Waals surface area contributed by atoms with Gasteiger partial charge in [-0.1, -0.05) is 41.3 Å². The van der Waals surface area contributed by atoms with E-state index >= 15 is 0 Å². The summed E-state index contributed by atoms with van der Waals surface area (Å²) in [5.41, 5.74) is 0.841. The van der Waals surface area contributed by atoms with Gasteiger partial charge in [-0.15, -0.1) is 10.2 Å². The number of rotatable bonds is 5. The molecular weight excluding hydrogens is 324 g/mol. The molecule has 0 unspecified atom stereocenters. The van der Waals surface area contributed by atoms with Crippen molar-refractivity contribution in [3.8, 4) is 0 Å². The van der Waals surface area contributed by atoms with Crippen LogP contribution >= 0.6 is 23.1 Å². The van der Waals surface area contributed by atoms with Gasteiger partial charge >= 0.3 is 0 Å². The molecular formula is C13H14N4O3S2. The molecule has 1 aromatic carbocycles. The number of nitro groups is 1. The lowest BCUT2D eigenvalue weighted by Crippen LogP contribution is -2.36. The van der Waals surface area contributed by atoms with E-state index in [0.717, 1.165) is 22.6 Å². The molecule has 1 aliphatic heterocycles. The number of benzene rings is 1. The minimum Gasteiger partial charge on any atom is -0.378 e. The molecule has 0 atom stereocenters. The lowest BCUT2D eigenvalue weighted by Gasteiger charge is -2.25. The number of hydrogen-bond acceptors (Lipinski definition) is 8. The zero-order chi connectivity index (χ0) is 15.4. The second-order valence-electron chi connectivity index (χ2n) is 4.62. The van der Waals surface area contributed by atoms with Crippen molar-refractivity contribution < 1.29 is 9.66 Å². The van der Waals surface area contributed by atoms with Gasteiger partial charge in [-0.05, 0) is 0 Å². The number of thioether (sulfide) groups is 1. The Kier molecular flexibility index (Phi) is 4.86. The van der Waals surface area contributed by atoms with E-state index in [4.69, 9.17) is 4.74 Å². The summed E-state index contributed by atoms with van der Waals surface area (Å²) < 4.78 is 6.13. The van der Waals surface area contributed by atoms with Crippen LogP contribution in [0.15, 0.2) is 28.6 Å². The molecule has 1 aromatic heterocycles. The highest BCUT2D eigenvalue weighted by atomic mass is 32.2. The van der Waals surface area contributed by atoms with Crippen LogP contribution in [0, 0.1) is 10.1 Å². The molecule has 0 aliphatic carbocycles. The maximum absolute atomic E-state index is 11.0. The first-order chi connectivity index (χ1) is 10.7. The minimum absolute atomic E-state index is 0.146. The van der Waals surface area contributed by atoms with Gasteiger partial charge in [-0.2, -0.15) is 0 Å². The van der Waals surface area contributed by atoms with Gasteiger partial charge in [0.2, 0.25) is 5.13 Å². The summed E-state index contributed by atoms with van der Waals surface area (Å²) in [7, 11) is 0. The highest BCUT2D eigenvalue weighted by Crippen LogP contribution is 2.32. The zero-order valence-electron chi connectivity index (χ0n) is 11.7.